The van der Waals surface area contributed by atoms with Crippen LogP contribution < -0.4 is 5.32 Å². The zero-order chi connectivity index (χ0) is 10.4. The molecule has 0 aromatic heterocycles. The van der Waals surface area contributed by atoms with E-state index in [0.29, 0.717) is 6.04 Å². The number of likely N-dealkylation sites (tertiary alicyclic amines) is 1. The summed E-state index contributed by atoms with van der Waals surface area (Å²) in [4.78, 5) is 2.58. The minimum Gasteiger partial charge on any atom is -0.314 e. The van der Waals surface area contributed by atoms with Crippen molar-refractivity contribution in [2.45, 2.75) is 46.1 Å². The van der Waals surface area contributed by atoms with Gasteiger partial charge < -0.3 is 10.2 Å². The maximum atomic E-state index is 3.62. The van der Waals surface area contributed by atoms with Crippen LogP contribution in [0.1, 0.15) is 40.0 Å². The zero-order valence-corrected chi connectivity index (χ0v) is 10.1. The molecule has 1 fully saturated rings. The van der Waals surface area contributed by atoms with Crippen molar-refractivity contribution in [3.63, 3.8) is 0 Å². The average Bonchev–Trinajstić information content (AvgIpc) is 2.26. The predicted octanol–water partition coefficient (Wildman–Crippen LogP) is 2.11. The molecule has 1 N–H and O–H groups in total. The maximum absolute atomic E-state index is 3.62. The van der Waals surface area contributed by atoms with E-state index < -0.39 is 0 Å². The number of nitrogens with zero attached hydrogens (tertiary/aromatic N) is 1. The molecule has 0 aromatic carbocycles. The lowest BCUT2D eigenvalue weighted by Crippen LogP contribution is -2.44. The first-order valence-electron chi connectivity index (χ1n) is 6.23. The Morgan fingerprint density at radius 3 is 2.86 bits per heavy atom. The Morgan fingerprint density at radius 1 is 1.43 bits per heavy atom. The summed E-state index contributed by atoms with van der Waals surface area (Å²) in [6.07, 6.45) is 4.04. The Hall–Kier alpha value is -0.0800. The van der Waals surface area contributed by atoms with Gasteiger partial charge in [-0.3, -0.25) is 0 Å². The second-order valence-electron chi connectivity index (χ2n) is 4.54. The van der Waals surface area contributed by atoms with Crippen LogP contribution in [0.2, 0.25) is 0 Å². The molecule has 2 nitrogen and oxygen atoms in total. The van der Waals surface area contributed by atoms with Crippen molar-refractivity contribution in [1.29, 1.82) is 0 Å². The molecule has 0 radical (unpaired) electrons. The summed E-state index contributed by atoms with van der Waals surface area (Å²) in [5, 5.41) is 3.62. The Morgan fingerprint density at radius 2 is 2.21 bits per heavy atom. The normalized spacial score (nSPS) is 26.4. The number of rotatable bonds is 5. The Balaban J connectivity index is 2.27. The lowest BCUT2D eigenvalue weighted by molar-refractivity contribution is 0.157. The van der Waals surface area contributed by atoms with Crippen LogP contribution in [0.15, 0.2) is 0 Å². The van der Waals surface area contributed by atoms with Crippen molar-refractivity contribution < 1.29 is 0 Å². The zero-order valence-electron chi connectivity index (χ0n) is 10.1. The quantitative estimate of drug-likeness (QED) is 0.728. The van der Waals surface area contributed by atoms with Crippen LogP contribution in [0.5, 0.6) is 0 Å². The molecule has 0 saturated carbocycles. The Labute approximate surface area is 89.1 Å². The van der Waals surface area contributed by atoms with Gasteiger partial charge in [0, 0.05) is 12.6 Å². The van der Waals surface area contributed by atoms with Crippen molar-refractivity contribution in [3.05, 3.63) is 0 Å². The number of nitrogens with one attached hydrogen (secondary N) is 1. The Kier molecular flexibility index (Phi) is 5.49. The lowest BCUT2D eigenvalue weighted by atomic mass is 9.91. The molecule has 0 spiro atoms. The molecule has 2 atom stereocenters. The first-order valence-corrected chi connectivity index (χ1v) is 6.23. The molecule has 2 unspecified atom stereocenters. The first kappa shape index (κ1) is 12.0. The highest BCUT2D eigenvalue weighted by Crippen LogP contribution is 2.19. The van der Waals surface area contributed by atoms with Gasteiger partial charge in [-0.25, -0.2) is 0 Å². The summed E-state index contributed by atoms with van der Waals surface area (Å²) in [7, 11) is 0. The predicted molar refractivity (Wildman–Crippen MR) is 62.6 cm³/mol. The van der Waals surface area contributed by atoms with E-state index >= 15 is 0 Å². The highest BCUT2D eigenvalue weighted by Gasteiger charge is 2.22. The summed E-state index contributed by atoms with van der Waals surface area (Å²) < 4.78 is 0. The number of hydrogen-bond acceptors (Lipinski definition) is 2. The van der Waals surface area contributed by atoms with Crippen LogP contribution in [0.25, 0.3) is 0 Å². The molecule has 0 aliphatic carbocycles. The van der Waals surface area contributed by atoms with Gasteiger partial charge in [0.15, 0.2) is 0 Å². The molecular formula is C12H26N2. The third-order valence-electron chi connectivity index (χ3n) is 3.41. The van der Waals surface area contributed by atoms with Gasteiger partial charge in [-0.05, 0) is 51.7 Å². The van der Waals surface area contributed by atoms with Gasteiger partial charge in [0.1, 0.15) is 0 Å². The maximum Gasteiger partial charge on any atom is 0.00792 e. The molecule has 0 amide bonds. The molecule has 14 heavy (non-hydrogen) atoms. The molecular weight excluding hydrogens is 172 g/mol. The topological polar surface area (TPSA) is 15.3 Å². The molecule has 1 aliphatic rings. The van der Waals surface area contributed by atoms with Crippen molar-refractivity contribution in [2.75, 3.05) is 26.2 Å². The highest BCUT2D eigenvalue weighted by molar-refractivity contribution is 4.79. The van der Waals surface area contributed by atoms with Crippen molar-refractivity contribution >= 4 is 0 Å². The van der Waals surface area contributed by atoms with Crippen LogP contribution in [0, 0.1) is 5.92 Å². The minimum atomic E-state index is 0.698. The molecule has 1 aliphatic heterocycles. The van der Waals surface area contributed by atoms with E-state index in [-0.39, 0.29) is 0 Å². The third-order valence-corrected chi connectivity index (χ3v) is 3.41. The molecule has 2 heteroatoms. The SMILES string of the molecule is CCCNC(C)C1CCCN(CC)C1. The van der Waals surface area contributed by atoms with Crippen LogP contribution in [0.4, 0.5) is 0 Å². The molecule has 1 saturated heterocycles. The molecule has 1 rings (SSSR count). The lowest BCUT2D eigenvalue weighted by Gasteiger charge is -2.35. The molecule has 0 aromatic rings. The van der Waals surface area contributed by atoms with E-state index in [1.165, 1.54) is 45.4 Å². The van der Waals surface area contributed by atoms with Crippen LogP contribution in [0.3, 0.4) is 0 Å². The van der Waals surface area contributed by atoms with Gasteiger partial charge >= 0.3 is 0 Å². The van der Waals surface area contributed by atoms with Gasteiger partial charge in [-0.15, -0.1) is 0 Å². The monoisotopic (exact) mass is 198 g/mol. The van der Waals surface area contributed by atoms with E-state index in [0.717, 1.165) is 5.92 Å². The van der Waals surface area contributed by atoms with Crippen LogP contribution in [-0.2, 0) is 0 Å². The van der Waals surface area contributed by atoms with Crippen molar-refractivity contribution in [3.8, 4) is 0 Å². The van der Waals surface area contributed by atoms with E-state index in [4.69, 9.17) is 0 Å². The largest absolute Gasteiger partial charge is 0.314 e. The van der Waals surface area contributed by atoms with Gasteiger partial charge in [-0.2, -0.15) is 0 Å². The highest BCUT2D eigenvalue weighted by atomic mass is 15.1. The standard InChI is InChI=1S/C12H26N2/c1-4-8-13-11(3)12-7-6-9-14(5-2)10-12/h11-13H,4-10H2,1-3H3. The van der Waals surface area contributed by atoms with Crippen LogP contribution >= 0.6 is 0 Å². The van der Waals surface area contributed by atoms with Gasteiger partial charge in [0.2, 0.25) is 0 Å². The fourth-order valence-electron chi connectivity index (χ4n) is 2.33. The summed E-state index contributed by atoms with van der Waals surface area (Å²) >= 11 is 0. The third kappa shape index (κ3) is 3.58. The molecule has 1 heterocycles. The second-order valence-corrected chi connectivity index (χ2v) is 4.54. The number of piperidine rings is 1. The molecule has 0 bridgehead atoms. The fourth-order valence-corrected chi connectivity index (χ4v) is 2.33. The number of hydrogen-bond donors (Lipinski definition) is 1. The second kappa shape index (κ2) is 6.41. The van der Waals surface area contributed by atoms with E-state index in [1.807, 2.05) is 0 Å². The van der Waals surface area contributed by atoms with Gasteiger partial charge in [0.05, 0.1) is 0 Å². The van der Waals surface area contributed by atoms with E-state index in [1.54, 1.807) is 0 Å². The summed E-state index contributed by atoms with van der Waals surface area (Å²) in [5.74, 6) is 0.871. The smallest absolute Gasteiger partial charge is 0.00792 e. The minimum absolute atomic E-state index is 0.698. The van der Waals surface area contributed by atoms with Gasteiger partial charge in [0.25, 0.3) is 0 Å². The van der Waals surface area contributed by atoms with Crippen LogP contribution in [-0.4, -0.2) is 37.1 Å². The van der Waals surface area contributed by atoms with Crippen molar-refractivity contribution in [1.82, 2.24) is 10.2 Å². The Bertz CT molecular complexity index is 147. The summed E-state index contributed by atoms with van der Waals surface area (Å²) in [6, 6.07) is 0.698. The first-order chi connectivity index (χ1) is 6.77. The average molecular weight is 198 g/mol. The van der Waals surface area contributed by atoms with E-state index in [9.17, 15) is 0 Å². The summed E-state index contributed by atoms with van der Waals surface area (Å²) in [6.45, 7) is 11.9. The van der Waals surface area contributed by atoms with E-state index in [2.05, 4.69) is 31.0 Å². The summed E-state index contributed by atoms with van der Waals surface area (Å²) in [5.41, 5.74) is 0. The van der Waals surface area contributed by atoms with Gasteiger partial charge in [-0.1, -0.05) is 13.8 Å². The molecule has 84 valence electrons. The van der Waals surface area contributed by atoms with Crippen molar-refractivity contribution in [2.24, 2.45) is 5.92 Å². The fraction of sp³-hybridized carbons (Fsp3) is 1.00.